The first-order valence-corrected chi connectivity index (χ1v) is 14.4. The molecule has 4 saturated heterocycles. The lowest BCUT2D eigenvalue weighted by Gasteiger charge is -2.76. The number of piperidine rings is 1. The molecular formula is C30H41NO6. The van der Waals surface area contributed by atoms with Crippen molar-refractivity contribution in [3.63, 3.8) is 0 Å². The third-order valence-electron chi connectivity index (χ3n) is 12.7. The summed E-state index contributed by atoms with van der Waals surface area (Å²) in [5.41, 5.74) is -1.92. The van der Waals surface area contributed by atoms with Gasteiger partial charge in [-0.1, -0.05) is 33.3 Å². The standard InChI is InChI=1S/C30H41NO6/c1-16-9-20-23(21(33)10-16)19(14-32)24(35)25-26(20,3)15-30-28(5,27(25,4)12-22(34)37-30)6-7-29-11-17(2)8-18(36-29)13-31(29)30/h10,17-20,23,25,32H,6-9,11-15H2,1-5H3/t17-,18+,19-,20+,23-,25-,26-,27-,28-,29-,30+/m0/s1. The molecule has 0 aromatic carbocycles. The van der Waals surface area contributed by atoms with E-state index in [2.05, 4.69) is 32.6 Å². The van der Waals surface area contributed by atoms with Gasteiger partial charge in [-0.05, 0) is 67.8 Å². The van der Waals surface area contributed by atoms with Crippen molar-refractivity contribution in [3.05, 3.63) is 11.6 Å². The number of nitrogens with zero attached hydrogens (tertiary/aromatic N) is 1. The van der Waals surface area contributed by atoms with Gasteiger partial charge in [0.1, 0.15) is 11.5 Å². The maximum atomic E-state index is 14.4. The maximum absolute atomic E-state index is 14.4. The van der Waals surface area contributed by atoms with Crippen LogP contribution in [0.3, 0.4) is 0 Å². The molecule has 1 spiro atoms. The molecular weight excluding hydrogens is 470 g/mol. The van der Waals surface area contributed by atoms with E-state index in [4.69, 9.17) is 9.47 Å². The van der Waals surface area contributed by atoms with Crippen molar-refractivity contribution in [2.75, 3.05) is 13.2 Å². The van der Waals surface area contributed by atoms with E-state index in [-0.39, 0.29) is 42.6 Å². The van der Waals surface area contributed by atoms with Crippen molar-refractivity contribution in [3.8, 4) is 0 Å². The molecule has 4 heterocycles. The highest BCUT2D eigenvalue weighted by Gasteiger charge is 2.83. The Bertz CT molecular complexity index is 1150. The minimum atomic E-state index is -0.881. The molecule has 6 fully saturated rings. The summed E-state index contributed by atoms with van der Waals surface area (Å²) in [7, 11) is 0. The van der Waals surface area contributed by atoms with Crippen molar-refractivity contribution >= 4 is 17.5 Å². The summed E-state index contributed by atoms with van der Waals surface area (Å²) in [6.45, 7) is 11.3. The fourth-order valence-electron chi connectivity index (χ4n) is 11.3. The number of aliphatic hydroxyl groups is 1. The van der Waals surface area contributed by atoms with Crippen molar-refractivity contribution in [1.29, 1.82) is 0 Å². The number of ketones is 2. The number of hydrogen-bond donors (Lipinski definition) is 1. The minimum Gasteiger partial charge on any atom is -0.443 e. The van der Waals surface area contributed by atoms with Crippen LogP contribution < -0.4 is 0 Å². The number of rotatable bonds is 1. The summed E-state index contributed by atoms with van der Waals surface area (Å²) >= 11 is 0. The largest absolute Gasteiger partial charge is 0.443 e. The van der Waals surface area contributed by atoms with Gasteiger partial charge in [-0.15, -0.1) is 0 Å². The van der Waals surface area contributed by atoms with Gasteiger partial charge in [0.05, 0.1) is 25.0 Å². The Morgan fingerprint density at radius 1 is 1.16 bits per heavy atom. The van der Waals surface area contributed by atoms with Crippen LogP contribution in [0.5, 0.6) is 0 Å². The number of ether oxygens (including phenoxy) is 2. The topological polar surface area (TPSA) is 93.1 Å². The number of allylic oxidation sites excluding steroid dienone is 2. The molecule has 0 radical (unpaired) electrons. The third-order valence-corrected chi connectivity index (χ3v) is 12.7. The number of carbonyl (C=O) groups excluding carboxylic acids is 3. The lowest BCUT2D eigenvalue weighted by molar-refractivity contribution is -0.380. The molecule has 7 nitrogen and oxygen atoms in total. The molecule has 1 N–H and O–H groups in total. The fourth-order valence-corrected chi connectivity index (χ4v) is 11.3. The van der Waals surface area contributed by atoms with Crippen LogP contribution in [0.2, 0.25) is 0 Å². The van der Waals surface area contributed by atoms with Crippen LogP contribution in [0, 0.1) is 45.8 Å². The number of Topliss-reactive ketones (excluding diaryl/α,β-unsaturated/α-hetero) is 1. The Hall–Kier alpha value is -1.57. The Morgan fingerprint density at radius 3 is 2.65 bits per heavy atom. The molecule has 0 unspecified atom stereocenters. The molecule has 37 heavy (non-hydrogen) atoms. The Morgan fingerprint density at radius 2 is 1.92 bits per heavy atom. The van der Waals surface area contributed by atoms with Crippen molar-refractivity contribution in [2.24, 2.45) is 45.8 Å². The molecule has 2 saturated carbocycles. The first-order valence-electron chi connectivity index (χ1n) is 14.4. The Kier molecular flexibility index (Phi) is 4.72. The predicted molar refractivity (Wildman–Crippen MR) is 134 cm³/mol. The van der Waals surface area contributed by atoms with E-state index in [9.17, 15) is 19.5 Å². The summed E-state index contributed by atoms with van der Waals surface area (Å²) in [6.07, 6.45) is 6.88. The van der Waals surface area contributed by atoms with E-state index in [1.165, 1.54) is 0 Å². The average Bonchev–Trinajstić information content (AvgIpc) is 3.07. The Balaban J connectivity index is 1.46. The summed E-state index contributed by atoms with van der Waals surface area (Å²) in [6, 6.07) is 0. The number of aliphatic hydroxyl groups excluding tert-OH is 1. The summed E-state index contributed by atoms with van der Waals surface area (Å²) in [4.78, 5) is 43.8. The van der Waals surface area contributed by atoms with Gasteiger partial charge in [0, 0.05) is 30.2 Å². The van der Waals surface area contributed by atoms with Gasteiger partial charge in [-0.3, -0.25) is 14.4 Å². The molecule has 11 atom stereocenters. The summed E-state index contributed by atoms with van der Waals surface area (Å²) < 4.78 is 13.4. The molecule has 4 bridgehead atoms. The molecule has 7 aliphatic rings. The zero-order valence-electron chi connectivity index (χ0n) is 22.8. The smallest absolute Gasteiger partial charge is 0.308 e. The van der Waals surface area contributed by atoms with Crippen molar-refractivity contribution in [2.45, 2.75) is 97.1 Å². The van der Waals surface area contributed by atoms with Gasteiger partial charge < -0.3 is 14.6 Å². The minimum absolute atomic E-state index is 0.0232. The molecule has 3 aliphatic carbocycles. The SMILES string of the molecule is CC1=CC(=O)[C@H]2[C@H](CO)C(=O)[C@H]3[C@@](C)(C[C@@]45OC(=O)C[C@]3(C)[C@]4(C)CC[C@]34C[C@@H](C)C[C@H](CN35)O4)[C@@H]2C1. The van der Waals surface area contributed by atoms with Crippen LogP contribution in [0.4, 0.5) is 0 Å². The molecule has 4 aliphatic heterocycles. The third kappa shape index (κ3) is 2.63. The molecule has 202 valence electrons. The highest BCUT2D eigenvalue weighted by Crippen LogP contribution is 2.78. The molecule has 0 aromatic heterocycles. The van der Waals surface area contributed by atoms with Crippen LogP contribution in [-0.2, 0) is 23.9 Å². The predicted octanol–water partition coefficient (Wildman–Crippen LogP) is 3.63. The van der Waals surface area contributed by atoms with Gasteiger partial charge in [0.25, 0.3) is 0 Å². The second kappa shape index (κ2) is 7.14. The lowest BCUT2D eigenvalue weighted by Crippen LogP contribution is -2.83. The van der Waals surface area contributed by atoms with Gasteiger partial charge in [-0.2, -0.15) is 0 Å². The summed E-state index contributed by atoms with van der Waals surface area (Å²) in [5.74, 6) is -1.48. The highest BCUT2D eigenvalue weighted by molar-refractivity contribution is 6.00. The van der Waals surface area contributed by atoms with Crippen LogP contribution >= 0.6 is 0 Å². The summed E-state index contributed by atoms with van der Waals surface area (Å²) in [5, 5.41) is 10.5. The van der Waals surface area contributed by atoms with Gasteiger partial charge >= 0.3 is 5.97 Å². The maximum Gasteiger partial charge on any atom is 0.308 e. The number of carbonyl (C=O) groups is 3. The number of fused-ring (bicyclic) bond motifs is 5. The highest BCUT2D eigenvalue weighted by atomic mass is 16.6. The van der Waals surface area contributed by atoms with E-state index in [0.29, 0.717) is 12.3 Å². The van der Waals surface area contributed by atoms with Crippen LogP contribution in [0.1, 0.15) is 79.6 Å². The first kappa shape index (κ1) is 24.5. The molecule has 7 rings (SSSR count). The monoisotopic (exact) mass is 511 g/mol. The van der Waals surface area contributed by atoms with Crippen molar-refractivity contribution < 1.29 is 29.0 Å². The molecule has 0 amide bonds. The van der Waals surface area contributed by atoms with Crippen LogP contribution in [0.25, 0.3) is 0 Å². The number of hydrogen-bond acceptors (Lipinski definition) is 7. The van der Waals surface area contributed by atoms with Crippen LogP contribution in [0.15, 0.2) is 11.6 Å². The Labute approximate surface area is 219 Å². The molecule has 0 aromatic rings. The normalized spacial score (nSPS) is 56.5. The van der Waals surface area contributed by atoms with E-state index >= 15 is 0 Å². The van der Waals surface area contributed by atoms with E-state index in [1.807, 2.05) is 6.92 Å². The van der Waals surface area contributed by atoms with Gasteiger partial charge in [-0.25, -0.2) is 4.90 Å². The molecule has 7 heteroatoms. The second-order valence-corrected chi connectivity index (χ2v) is 14.6. The quantitative estimate of drug-likeness (QED) is 0.538. The zero-order valence-corrected chi connectivity index (χ0v) is 22.8. The van der Waals surface area contributed by atoms with Gasteiger partial charge in [0.15, 0.2) is 11.5 Å². The van der Waals surface area contributed by atoms with Crippen LogP contribution in [-0.4, -0.2) is 58.2 Å². The zero-order chi connectivity index (χ0) is 26.3. The lowest BCUT2D eigenvalue weighted by atomic mass is 9.33. The number of esters is 1. The van der Waals surface area contributed by atoms with E-state index in [0.717, 1.165) is 44.2 Å². The van der Waals surface area contributed by atoms with E-state index in [1.54, 1.807) is 6.08 Å². The average molecular weight is 512 g/mol. The van der Waals surface area contributed by atoms with E-state index < -0.39 is 45.4 Å². The van der Waals surface area contributed by atoms with Gasteiger partial charge in [0.2, 0.25) is 0 Å². The van der Waals surface area contributed by atoms with Crippen molar-refractivity contribution in [1.82, 2.24) is 4.90 Å². The fraction of sp³-hybridized carbons (Fsp3) is 0.833. The first-order chi connectivity index (χ1) is 17.3. The second-order valence-electron chi connectivity index (χ2n) is 14.6.